The van der Waals surface area contributed by atoms with E-state index in [0.29, 0.717) is 5.56 Å². The average Bonchev–Trinajstić information content (AvgIpc) is 2.37. The Morgan fingerprint density at radius 3 is 2.83 bits per heavy atom. The fraction of sp³-hybridized carbons (Fsp3) is 0.250. The first kappa shape index (κ1) is 13.7. The first-order chi connectivity index (χ1) is 8.58. The second kappa shape index (κ2) is 6.37. The van der Waals surface area contributed by atoms with Crippen molar-refractivity contribution in [3.05, 3.63) is 39.4 Å². The summed E-state index contributed by atoms with van der Waals surface area (Å²) in [7, 11) is 1.26. The quantitative estimate of drug-likeness (QED) is 0.373. The molecule has 0 saturated heterocycles. The highest BCUT2D eigenvalue weighted by Gasteiger charge is 2.12. The molecule has 6 nitrogen and oxygen atoms in total. The third kappa shape index (κ3) is 3.57. The van der Waals surface area contributed by atoms with E-state index in [1.807, 2.05) is 0 Å². The maximum Gasteiger partial charge on any atom is 0.317 e. The van der Waals surface area contributed by atoms with Crippen LogP contribution >= 0.6 is 0 Å². The Morgan fingerprint density at radius 2 is 2.28 bits per heavy atom. The molecule has 0 fully saturated rings. The van der Waals surface area contributed by atoms with E-state index in [9.17, 15) is 14.9 Å². The Hall–Kier alpha value is -2.39. The zero-order valence-corrected chi connectivity index (χ0v) is 9.67. The van der Waals surface area contributed by atoms with Crippen molar-refractivity contribution in [1.29, 1.82) is 0 Å². The fourth-order valence-electron chi connectivity index (χ4n) is 1.26. The smallest absolute Gasteiger partial charge is 0.317 e. The predicted molar refractivity (Wildman–Crippen MR) is 62.5 cm³/mol. The summed E-state index contributed by atoms with van der Waals surface area (Å²) in [6.07, 6.45) is -0.0536. The van der Waals surface area contributed by atoms with Gasteiger partial charge in [-0.15, -0.1) is 0 Å². The molecular weight excluding hydrogens is 238 g/mol. The molecule has 6 heteroatoms. The third-order valence-electron chi connectivity index (χ3n) is 2.14. The minimum Gasteiger partial charge on any atom is -0.468 e. The van der Waals surface area contributed by atoms with E-state index >= 15 is 0 Å². The fourth-order valence-corrected chi connectivity index (χ4v) is 1.26. The first-order valence-corrected chi connectivity index (χ1v) is 5.02. The summed E-state index contributed by atoms with van der Waals surface area (Å²) in [6, 6.07) is 4.15. The molecule has 1 aromatic rings. The van der Waals surface area contributed by atoms with Gasteiger partial charge < -0.3 is 9.84 Å². The maximum atomic E-state index is 10.8. The highest BCUT2D eigenvalue weighted by Crippen LogP contribution is 2.19. The van der Waals surface area contributed by atoms with Gasteiger partial charge in [-0.05, 0) is 12.1 Å². The van der Waals surface area contributed by atoms with E-state index in [1.54, 1.807) is 0 Å². The van der Waals surface area contributed by atoms with Crippen molar-refractivity contribution < 1.29 is 19.6 Å². The van der Waals surface area contributed by atoms with Crippen LogP contribution in [0.15, 0.2) is 18.2 Å². The zero-order valence-electron chi connectivity index (χ0n) is 9.67. The van der Waals surface area contributed by atoms with Crippen LogP contribution in [0.2, 0.25) is 0 Å². The second-order valence-corrected chi connectivity index (χ2v) is 3.31. The maximum absolute atomic E-state index is 10.8. The number of ether oxygens (including phenoxy) is 1. The van der Waals surface area contributed by atoms with E-state index in [0.717, 1.165) is 0 Å². The summed E-state index contributed by atoms with van der Waals surface area (Å²) in [4.78, 5) is 20.9. The van der Waals surface area contributed by atoms with Crippen LogP contribution in [0.25, 0.3) is 0 Å². The summed E-state index contributed by atoms with van der Waals surface area (Å²) in [5.41, 5.74) is 0.523. The van der Waals surface area contributed by atoms with Crippen LogP contribution in [0.3, 0.4) is 0 Å². The van der Waals surface area contributed by atoms with Crippen LogP contribution in [0.4, 0.5) is 5.69 Å². The van der Waals surface area contributed by atoms with Crippen LogP contribution in [0, 0.1) is 22.0 Å². The standard InChI is InChI=1S/C12H11NO5/c1-18-12(15)4-2-3-9-5-6-11(13(16)17)10(7-9)8-14/h5-7,14H,4,8H2,1H3. The molecule has 0 aliphatic rings. The molecule has 0 unspecified atom stereocenters. The lowest BCUT2D eigenvalue weighted by molar-refractivity contribution is -0.385. The number of hydrogen-bond acceptors (Lipinski definition) is 5. The summed E-state index contributed by atoms with van der Waals surface area (Å²) < 4.78 is 4.41. The first-order valence-electron chi connectivity index (χ1n) is 5.02. The van der Waals surface area contributed by atoms with Crippen LogP contribution in [-0.2, 0) is 16.1 Å². The van der Waals surface area contributed by atoms with Crippen molar-refractivity contribution in [3.63, 3.8) is 0 Å². The van der Waals surface area contributed by atoms with Crippen molar-refractivity contribution in [3.8, 4) is 11.8 Å². The minimum absolute atomic E-state index is 0.0536. The van der Waals surface area contributed by atoms with Gasteiger partial charge in [0.25, 0.3) is 5.69 Å². The summed E-state index contributed by atoms with van der Waals surface area (Å²) in [5, 5.41) is 19.6. The molecule has 1 N–H and O–H groups in total. The van der Waals surface area contributed by atoms with Gasteiger partial charge in [0, 0.05) is 11.6 Å². The molecule has 0 atom stereocenters. The van der Waals surface area contributed by atoms with E-state index in [4.69, 9.17) is 5.11 Å². The van der Waals surface area contributed by atoms with Gasteiger partial charge in [0.2, 0.25) is 0 Å². The number of benzene rings is 1. The van der Waals surface area contributed by atoms with Crippen molar-refractivity contribution >= 4 is 11.7 Å². The summed E-state index contributed by atoms with van der Waals surface area (Å²) in [5.74, 6) is 4.79. The van der Waals surface area contributed by atoms with Crippen molar-refractivity contribution in [2.75, 3.05) is 7.11 Å². The van der Waals surface area contributed by atoms with Gasteiger partial charge in [-0.25, -0.2) is 0 Å². The molecule has 0 heterocycles. The molecule has 0 radical (unpaired) electrons. The molecule has 94 valence electrons. The number of aliphatic hydroxyl groups excluding tert-OH is 1. The summed E-state index contributed by atoms with van der Waals surface area (Å²) in [6.45, 7) is -0.442. The molecule has 0 aliphatic heterocycles. The van der Waals surface area contributed by atoms with Gasteiger partial charge in [-0.3, -0.25) is 14.9 Å². The van der Waals surface area contributed by atoms with Crippen LogP contribution in [0.1, 0.15) is 17.5 Å². The van der Waals surface area contributed by atoms with E-state index in [-0.39, 0.29) is 17.7 Å². The molecule has 0 amide bonds. The SMILES string of the molecule is COC(=O)CC#Cc1ccc([N+](=O)[O-])c(CO)c1. The zero-order chi connectivity index (χ0) is 13.5. The van der Waals surface area contributed by atoms with E-state index in [2.05, 4.69) is 16.6 Å². The van der Waals surface area contributed by atoms with Crippen molar-refractivity contribution in [2.45, 2.75) is 13.0 Å². The Kier molecular flexibility index (Phi) is 4.84. The average molecular weight is 249 g/mol. The normalized spacial score (nSPS) is 9.22. The van der Waals surface area contributed by atoms with Crippen LogP contribution in [0.5, 0.6) is 0 Å². The Balaban J connectivity index is 2.92. The molecule has 1 aromatic carbocycles. The monoisotopic (exact) mass is 249 g/mol. The van der Waals surface area contributed by atoms with Crippen LogP contribution < -0.4 is 0 Å². The number of aliphatic hydroxyl groups is 1. The number of carbonyl (C=O) groups is 1. The minimum atomic E-state index is -0.572. The van der Waals surface area contributed by atoms with Gasteiger partial charge in [0.15, 0.2) is 0 Å². The number of nitro groups is 1. The van der Waals surface area contributed by atoms with Crippen molar-refractivity contribution in [1.82, 2.24) is 0 Å². The largest absolute Gasteiger partial charge is 0.468 e. The Labute approximate surface area is 103 Å². The number of nitrogens with zero attached hydrogens (tertiary/aromatic N) is 1. The number of hydrogen-bond donors (Lipinski definition) is 1. The summed E-state index contributed by atoms with van der Waals surface area (Å²) >= 11 is 0. The molecule has 1 rings (SSSR count). The van der Waals surface area contributed by atoms with E-state index in [1.165, 1.54) is 25.3 Å². The lowest BCUT2D eigenvalue weighted by Gasteiger charge is -1.99. The van der Waals surface area contributed by atoms with Crippen LogP contribution in [-0.4, -0.2) is 23.1 Å². The topological polar surface area (TPSA) is 89.7 Å². The van der Waals surface area contributed by atoms with E-state index < -0.39 is 17.5 Å². The number of carbonyl (C=O) groups excluding carboxylic acids is 1. The van der Waals surface area contributed by atoms with Crippen molar-refractivity contribution in [2.24, 2.45) is 0 Å². The van der Waals surface area contributed by atoms with Gasteiger partial charge in [0.1, 0.15) is 6.42 Å². The van der Waals surface area contributed by atoms with Gasteiger partial charge in [-0.2, -0.15) is 0 Å². The molecule has 0 bridgehead atoms. The number of rotatable bonds is 3. The number of nitro benzene ring substituents is 1. The lowest BCUT2D eigenvalue weighted by Crippen LogP contribution is -1.97. The third-order valence-corrected chi connectivity index (χ3v) is 2.14. The molecule has 0 aliphatic carbocycles. The lowest BCUT2D eigenvalue weighted by atomic mass is 10.1. The molecular formula is C12H11NO5. The molecule has 18 heavy (non-hydrogen) atoms. The highest BCUT2D eigenvalue weighted by atomic mass is 16.6. The van der Waals surface area contributed by atoms with Gasteiger partial charge in [0.05, 0.1) is 24.2 Å². The number of methoxy groups -OCH3 is 1. The second-order valence-electron chi connectivity index (χ2n) is 3.31. The predicted octanol–water partition coefficient (Wildman–Crippen LogP) is 1.00. The van der Waals surface area contributed by atoms with Gasteiger partial charge in [-0.1, -0.05) is 11.8 Å². The Bertz CT molecular complexity index is 527. The molecule has 0 spiro atoms. The highest BCUT2D eigenvalue weighted by molar-refractivity contribution is 5.72. The molecule has 0 aromatic heterocycles. The number of esters is 1. The molecule has 0 saturated carbocycles. The van der Waals surface area contributed by atoms with Gasteiger partial charge >= 0.3 is 5.97 Å². The Morgan fingerprint density at radius 1 is 1.56 bits per heavy atom.